The molecule has 2 unspecified atom stereocenters. The minimum atomic E-state index is -4.61. The second-order valence-corrected chi connectivity index (χ2v) is 5.70. The van der Waals surface area contributed by atoms with Crippen LogP contribution in [0.4, 0.5) is 0 Å². The van der Waals surface area contributed by atoms with Gasteiger partial charge in [0, 0.05) is 0 Å². The van der Waals surface area contributed by atoms with Crippen LogP contribution in [0.1, 0.15) is 6.42 Å². The maximum atomic E-state index is 10.6. The van der Waals surface area contributed by atoms with Crippen LogP contribution >= 0.6 is 15.6 Å². The molecule has 0 aromatic heterocycles. The van der Waals surface area contributed by atoms with Crippen LogP contribution in [-0.2, 0) is 18.2 Å². The van der Waals surface area contributed by atoms with Crippen molar-refractivity contribution in [1.82, 2.24) is 5.32 Å². The molecule has 1 rings (SSSR count). The molecule has 11 heteroatoms. The summed E-state index contributed by atoms with van der Waals surface area (Å²) in [5.41, 5.74) is 0. The lowest BCUT2D eigenvalue weighted by Gasteiger charge is -2.20. The molecule has 1 saturated heterocycles. The summed E-state index contributed by atoms with van der Waals surface area (Å²) < 4.78 is 29.7. The van der Waals surface area contributed by atoms with Crippen LogP contribution in [-0.4, -0.2) is 44.9 Å². The van der Waals surface area contributed by atoms with E-state index in [1.54, 1.807) is 0 Å². The first-order valence-electron chi connectivity index (χ1n) is 4.35. The van der Waals surface area contributed by atoms with Crippen molar-refractivity contribution in [2.45, 2.75) is 18.6 Å². The average Bonchev–Trinajstić information content (AvgIpc) is 2.44. The van der Waals surface area contributed by atoms with Gasteiger partial charge in [0.25, 0.3) is 0 Å². The Bertz CT molecular complexity index is 322. The topological polar surface area (TPSA) is 146 Å². The second kappa shape index (κ2) is 5.22. The van der Waals surface area contributed by atoms with E-state index in [1.165, 1.54) is 0 Å². The number of phosphoric ester groups is 2. The number of phosphoric acid groups is 2. The molecule has 1 heterocycles. The molecule has 16 heavy (non-hydrogen) atoms. The third-order valence-corrected chi connectivity index (χ3v) is 3.01. The van der Waals surface area contributed by atoms with Crippen LogP contribution < -0.4 is 5.32 Å². The molecule has 96 valence electrons. The van der Waals surface area contributed by atoms with Gasteiger partial charge in [-0.1, -0.05) is 0 Å². The molecule has 0 aliphatic carbocycles. The first kappa shape index (κ1) is 14.2. The molecule has 1 aliphatic heterocycles. The van der Waals surface area contributed by atoms with E-state index in [9.17, 15) is 9.13 Å². The predicted molar refractivity (Wildman–Crippen MR) is 51.3 cm³/mol. The predicted octanol–water partition coefficient (Wildman–Crippen LogP) is -1.06. The number of rotatable bonds is 5. The largest absolute Gasteiger partial charge is 0.469 e. The summed E-state index contributed by atoms with van der Waals surface area (Å²) in [5.74, 6) is 0. The maximum Gasteiger partial charge on any atom is 0.469 e. The Labute approximate surface area is 91.2 Å². The van der Waals surface area contributed by atoms with E-state index in [2.05, 4.69) is 14.4 Å². The Morgan fingerprint density at radius 1 is 1.19 bits per heavy atom. The van der Waals surface area contributed by atoms with Crippen molar-refractivity contribution in [2.75, 3.05) is 13.2 Å². The van der Waals surface area contributed by atoms with Crippen molar-refractivity contribution in [3.8, 4) is 0 Å². The second-order valence-electron chi connectivity index (χ2n) is 3.27. The van der Waals surface area contributed by atoms with E-state index in [0.717, 1.165) is 0 Å². The summed E-state index contributed by atoms with van der Waals surface area (Å²) in [4.78, 5) is 34.1. The molecule has 1 aliphatic rings. The van der Waals surface area contributed by atoms with E-state index in [-0.39, 0.29) is 6.61 Å². The molecule has 0 amide bonds. The van der Waals surface area contributed by atoms with Gasteiger partial charge in [-0.05, 0) is 13.0 Å². The highest BCUT2D eigenvalue weighted by Crippen LogP contribution is 2.41. The summed E-state index contributed by atoms with van der Waals surface area (Å²) in [6.45, 7) is 0.0504. The Kier molecular flexibility index (Phi) is 4.65. The lowest BCUT2D eigenvalue weighted by atomic mass is 10.2. The summed E-state index contributed by atoms with van der Waals surface area (Å²) in [7, 11) is -9.19. The standard InChI is InChI=1S/C5H13NO8P2/c7-15(8,9)13-3-4-5(1-2-6-4)14-16(10,11)12/h4-6H,1-3H2,(H2,7,8,9)(H2,10,11,12). The Morgan fingerprint density at radius 2 is 1.81 bits per heavy atom. The Morgan fingerprint density at radius 3 is 2.31 bits per heavy atom. The highest BCUT2D eigenvalue weighted by atomic mass is 31.2. The van der Waals surface area contributed by atoms with Crippen molar-refractivity contribution < 1.29 is 37.8 Å². The van der Waals surface area contributed by atoms with Crippen molar-refractivity contribution in [2.24, 2.45) is 0 Å². The summed E-state index contributed by atoms with van der Waals surface area (Å²) in [6, 6.07) is -0.653. The molecule has 2 atom stereocenters. The number of hydrogen-bond donors (Lipinski definition) is 5. The maximum absolute atomic E-state index is 10.6. The van der Waals surface area contributed by atoms with Gasteiger partial charge in [-0.3, -0.25) is 9.05 Å². The van der Waals surface area contributed by atoms with Gasteiger partial charge in [-0.15, -0.1) is 0 Å². The number of nitrogens with one attached hydrogen (secondary N) is 1. The zero-order valence-corrected chi connectivity index (χ0v) is 9.88. The lowest BCUT2D eigenvalue weighted by molar-refractivity contribution is 0.0962. The molecular formula is C5H13NO8P2. The Balaban J connectivity index is 2.47. The van der Waals surface area contributed by atoms with E-state index in [4.69, 9.17) is 19.6 Å². The van der Waals surface area contributed by atoms with E-state index in [1.807, 2.05) is 0 Å². The van der Waals surface area contributed by atoms with Crippen LogP contribution in [0.2, 0.25) is 0 Å². The fraction of sp³-hybridized carbons (Fsp3) is 1.00. The molecule has 0 saturated carbocycles. The zero-order chi connectivity index (χ0) is 12.4. The normalized spacial score (nSPS) is 27.2. The fourth-order valence-corrected chi connectivity index (χ4v) is 2.35. The Hall–Kier alpha value is 0.180. The first-order chi connectivity index (χ1) is 7.17. The monoisotopic (exact) mass is 277 g/mol. The summed E-state index contributed by atoms with van der Waals surface area (Å²) in [5, 5.41) is 2.77. The van der Waals surface area contributed by atoms with Crippen molar-refractivity contribution in [1.29, 1.82) is 0 Å². The molecule has 0 radical (unpaired) electrons. The third-order valence-electron chi connectivity index (χ3n) is 1.98. The van der Waals surface area contributed by atoms with Gasteiger partial charge in [-0.25, -0.2) is 9.13 Å². The van der Waals surface area contributed by atoms with Gasteiger partial charge in [0.15, 0.2) is 0 Å². The zero-order valence-electron chi connectivity index (χ0n) is 8.09. The van der Waals surface area contributed by atoms with Crippen molar-refractivity contribution in [3.63, 3.8) is 0 Å². The number of hydrogen-bond acceptors (Lipinski definition) is 5. The molecular weight excluding hydrogens is 264 g/mol. The van der Waals surface area contributed by atoms with Crippen LogP contribution in [0.3, 0.4) is 0 Å². The highest BCUT2D eigenvalue weighted by molar-refractivity contribution is 7.46. The summed E-state index contributed by atoms with van der Waals surface area (Å²) >= 11 is 0. The smallest absolute Gasteiger partial charge is 0.309 e. The molecule has 0 bridgehead atoms. The summed E-state index contributed by atoms with van der Waals surface area (Å²) in [6.07, 6.45) is -0.493. The van der Waals surface area contributed by atoms with Crippen LogP contribution in [0.5, 0.6) is 0 Å². The van der Waals surface area contributed by atoms with Gasteiger partial charge >= 0.3 is 15.6 Å². The van der Waals surface area contributed by atoms with Gasteiger partial charge in [0.05, 0.1) is 18.8 Å². The molecule has 5 N–H and O–H groups in total. The molecule has 0 spiro atoms. The minimum Gasteiger partial charge on any atom is -0.309 e. The van der Waals surface area contributed by atoms with E-state index >= 15 is 0 Å². The van der Waals surface area contributed by atoms with E-state index < -0.39 is 27.8 Å². The molecule has 0 aromatic rings. The molecule has 0 aromatic carbocycles. The van der Waals surface area contributed by atoms with Crippen molar-refractivity contribution >= 4 is 15.6 Å². The average molecular weight is 277 g/mol. The van der Waals surface area contributed by atoms with Gasteiger partial charge in [0.1, 0.15) is 0 Å². The van der Waals surface area contributed by atoms with E-state index in [0.29, 0.717) is 13.0 Å². The van der Waals surface area contributed by atoms with Crippen molar-refractivity contribution in [3.05, 3.63) is 0 Å². The SMILES string of the molecule is O=P(O)(O)OCC1NCCC1OP(=O)(O)O. The molecule has 9 nitrogen and oxygen atoms in total. The third kappa shape index (κ3) is 5.49. The van der Waals surface area contributed by atoms with Crippen LogP contribution in [0.15, 0.2) is 0 Å². The lowest BCUT2D eigenvalue weighted by Crippen LogP contribution is -2.35. The highest BCUT2D eigenvalue weighted by Gasteiger charge is 2.34. The first-order valence-corrected chi connectivity index (χ1v) is 7.41. The van der Waals surface area contributed by atoms with Crippen LogP contribution in [0.25, 0.3) is 0 Å². The van der Waals surface area contributed by atoms with Crippen LogP contribution in [0, 0.1) is 0 Å². The van der Waals surface area contributed by atoms with Gasteiger partial charge < -0.3 is 24.9 Å². The quantitative estimate of drug-likeness (QED) is 0.396. The fourth-order valence-electron chi connectivity index (χ4n) is 1.39. The molecule has 1 fully saturated rings. The van der Waals surface area contributed by atoms with Gasteiger partial charge in [0.2, 0.25) is 0 Å². The minimum absolute atomic E-state index is 0.334. The van der Waals surface area contributed by atoms with Gasteiger partial charge in [-0.2, -0.15) is 0 Å².